The van der Waals surface area contributed by atoms with Crippen molar-refractivity contribution in [3.05, 3.63) is 48.3 Å². The first-order valence-corrected chi connectivity index (χ1v) is 8.03. The molecule has 1 saturated heterocycles. The number of methoxy groups -OCH3 is 1. The minimum absolute atomic E-state index is 0.104. The van der Waals surface area contributed by atoms with Crippen molar-refractivity contribution >= 4 is 17.3 Å². The third kappa shape index (κ3) is 3.59. The van der Waals surface area contributed by atoms with E-state index in [2.05, 4.69) is 16.0 Å². The zero-order valence-electron chi connectivity index (χ0n) is 13.8. The molecule has 0 atom stereocenters. The fourth-order valence-corrected chi connectivity index (χ4v) is 2.90. The van der Waals surface area contributed by atoms with Gasteiger partial charge in [-0.25, -0.2) is 0 Å². The van der Waals surface area contributed by atoms with Gasteiger partial charge < -0.3 is 20.3 Å². The molecule has 0 bridgehead atoms. The van der Waals surface area contributed by atoms with Gasteiger partial charge in [-0.15, -0.1) is 0 Å². The van der Waals surface area contributed by atoms with Gasteiger partial charge in [-0.3, -0.25) is 9.78 Å². The molecule has 1 aromatic heterocycles. The third-order valence-electron chi connectivity index (χ3n) is 4.24. The molecule has 2 N–H and O–H groups in total. The van der Waals surface area contributed by atoms with Gasteiger partial charge in [0.05, 0.1) is 31.1 Å². The molecule has 0 unspecified atom stereocenters. The van der Waals surface area contributed by atoms with Crippen molar-refractivity contribution in [2.45, 2.75) is 6.42 Å². The normalized spacial score (nSPS) is 14.5. The lowest BCUT2D eigenvalue weighted by atomic mass is 10.2. The van der Waals surface area contributed by atoms with Gasteiger partial charge in [0.1, 0.15) is 5.75 Å². The average molecular weight is 326 g/mol. The molecule has 1 fully saturated rings. The average Bonchev–Trinajstić information content (AvgIpc) is 2.63. The number of nitrogens with zero attached hydrogens (tertiary/aromatic N) is 3. The van der Waals surface area contributed by atoms with E-state index in [1.807, 2.05) is 23.1 Å². The summed E-state index contributed by atoms with van der Waals surface area (Å²) in [6.45, 7) is 2.99. The fourth-order valence-electron chi connectivity index (χ4n) is 2.90. The maximum absolute atomic E-state index is 12.4. The number of piperazine rings is 1. The molecule has 1 amide bonds. The van der Waals surface area contributed by atoms with Crippen LogP contribution in [0, 0.1) is 0 Å². The highest BCUT2D eigenvalue weighted by molar-refractivity contribution is 5.78. The lowest BCUT2D eigenvalue weighted by Gasteiger charge is -2.36. The van der Waals surface area contributed by atoms with E-state index in [1.165, 1.54) is 0 Å². The first kappa shape index (κ1) is 16.1. The van der Waals surface area contributed by atoms with Crippen LogP contribution < -0.4 is 15.4 Å². The summed E-state index contributed by atoms with van der Waals surface area (Å²) < 4.78 is 5.42. The van der Waals surface area contributed by atoms with E-state index in [9.17, 15) is 4.79 Å². The number of ether oxygens (including phenoxy) is 1. The number of para-hydroxylation sites is 2. The fraction of sp³-hybridized carbons (Fsp3) is 0.333. The Bertz CT molecular complexity index is 694. The highest BCUT2D eigenvalue weighted by Gasteiger charge is 2.23. The summed E-state index contributed by atoms with van der Waals surface area (Å²) in [5.74, 6) is 0.968. The zero-order chi connectivity index (χ0) is 16.9. The number of rotatable bonds is 4. The molecule has 0 spiro atoms. The van der Waals surface area contributed by atoms with Crippen LogP contribution in [0.25, 0.3) is 0 Å². The van der Waals surface area contributed by atoms with Gasteiger partial charge in [-0.05, 0) is 24.3 Å². The highest BCUT2D eigenvalue weighted by atomic mass is 16.5. The Morgan fingerprint density at radius 3 is 2.58 bits per heavy atom. The van der Waals surface area contributed by atoms with Crippen molar-refractivity contribution in [2.24, 2.45) is 0 Å². The standard InChI is InChI=1S/C18H22N4O2/c1-24-17-5-3-2-4-16(17)21-8-10-22(11-9-21)18(23)12-15-7-6-14(19)13-20-15/h2-7,13H,8-12,19H2,1H3. The molecular formula is C18H22N4O2. The Morgan fingerprint density at radius 1 is 1.17 bits per heavy atom. The molecule has 24 heavy (non-hydrogen) atoms. The van der Waals surface area contributed by atoms with Gasteiger partial charge in [0, 0.05) is 31.9 Å². The van der Waals surface area contributed by atoms with E-state index in [1.54, 1.807) is 25.4 Å². The van der Waals surface area contributed by atoms with Gasteiger partial charge in [-0.2, -0.15) is 0 Å². The number of hydrogen-bond acceptors (Lipinski definition) is 5. The zero-order valence-corrected chi connectivity index (χ0v) is 13.8. The molecule has 1 aliphatic heterocycles. The molecule has 6 heteroatoms. The van der Waals surface area contributed by atoms with Gasteiger partial charge in [-0.1, -0.05) is 12.1 Å². The quantitative estimate of drug-likeness (QED) is 0.923. The van der Waals surface area contributed by atoms with Gasteiger partial charge in [0.25, 0.3) is 0 Å². The number of amides is 1. The summed E-state index contributed by atoms with van der Waals surface area (Å²) in [4.78, 5) is 20.8. The second-order valence-electron chi connectivity index (χ2n) is 5.80. The van der Waals surface area contributed by atoms with Crippen molar-refractivity contribution in [3.8, 4) is 5.75 Å². The minimum Gasteiger partial charge on any atom is -0.495 e. The number of nitrogen functional groups attached to an aromatic ring is 1. The summed E-state index contributed by atoms with van der Waals surface area (Å²) in [5, 5.41) is 0. The lowest BCUT2D eigenvalue weighted by Crippen LogP contribution is -2.49. The van der Waals surface area contributed by atoms with Crippen LogP contribution in [-0.2, 0) is 11.2 Å². The Kier molecular flexibility index (Phi) is 4.84. The summed E-state index contributed by atoms with van der Waals surface area (Å²) in [6.07, 6.45) is 1.90. The number of pyridine rings is 1. The second kappa shape index (κ2) is 7.21. The van der Waals surface area contributed by atoms with Crippen molar-refractivity contribution < 1.29 is 9.53 Å². The molecule has 6 nitrogen and oxygen atoms in total. The highest BCUT2D eigenvalue weighted by Crippen LogP contribution is 2.28. The second-order valence-corrected chi connectivity index (χ2v) is 5.80. The van der Waals surface area contributed by atoms with E-state index in [0.717, 1.165) is 30.2 Å². The first-order valence-electron chi connectivity index (χ1n) is 8.03. The summed E-state index contributed by atoms with van der Waals surface area (Å²) >= 11 is 0. The Balaban J connectivity index is 1.58. The summed E-state index contributed by atoms with van der Waals surface area (Å²) in [7, 11) is 1.68. The topological polar surface area (TPSA) is 71.7 Å². The van der Waals surface area contributed by atoms with E-state index in [-0.39, 0.29) is 5.91 Å². The SMILES string of the molecule is COc1ccccc1N1CCN(C(=O)Cc2ccc(N)cn2)CC1. The lowest BCUT2D eigenvalue weighted by molar-refractivity contribution is -0.130. The Labute approximate surface area is 141 Å². The van der Waals surface area contributed by atoms with Gasteiger partial charge in [0.15, 0.2) is 0 Å². The van der Waals surface area contributed by atoms with Crippen LogP contribution in [-0.4, -0.2) is 49.1 Å². The van der Waals surface area contributed by atoms with Crippen LogP contribution in [0.2, 0.25) is 0 Å². The van der Waals surface area contributed by atoms with Crippen LogP contribution in [0.5, 0.6) is 5.75 Å². The minimum atomic E-state index is 0.104. The van der Waals surface area contributed by atoms with Crippen molar-refractivity contribution in [1.29, 1.82) is 0 Å². The van der Waals surface area contributed by atoms with Gasteiger partial charge >= 0.3 is 0 Å². The van der Waals surface area contributed by atoms with Crippen molar-refractivity contribution in [1.82, 2.24) is 9.88 Å². The maximum atomic E-state index is 12.4. The number of hydrogen-bond donors (Lipinski definition) is 1. The molecule has 2 heterocycles. The Hall–Kier alpha value is -2.76. The molecule has 2 aromatic rings. The van der Waals surface area contributed by atoms with Crippen LogP contribution in [0.4, 0.5) is 11.4 Å². The Morgan fingerprint density at radius 2 is 1.92 bits per heavy atom. The predicted octanol–water partition coefficient (Wildman–Crippen LogP) is 1.56. The number of benzene rings is 1. The first-order chi connectivity index (χ1) is 11.7. The maximum Gasteiger partial charge on any atom is 0.228 e. The monoisotopic (exact) mass is 326 g/mol. The van der Waals surface area contributed by atoms with Gasteiger partial charge in [0.2, 0.25) is 5.91 Å². The molecular weight excluding hydrogens is 304 g/mol. The van der Waals surface area contributed by atoms with Crippen LogP contribution in [0.1, 0.15) is 5.69 Å². The van der Waals surface area contributed by atoms with E-state index in [4.69, 9.17) is 10.5 Å². The number of carbonyl (C=O) groups is 1. The predicted molar refractivity (Wildman–Crippen MR) is 94.1 cm³/mol. The molecule has 0 radical (unpaired) electrons. The molecule has 0 aliphatic carbocycles. The summed E-state index contributed by atoms with van der Waals surface area (Å²) in [6, 6.07) is 11.5. The smallest absolute Gasteiger partial charge is 0.228 e. The molecule has 126 valence electrons. The molecule has 3 rings (SSSR count). The number of nitrogens with two attached hydrogens (primary N) is 1. The number of carbonyl (C=O) groups excluding carboxylic acids is 1. The van der Waals surface area contributed by atoms with Crippen molar-refractivity contribution in [2.75, 3.05) is 43.9 Å². The molecule has 1 aromatic carbocycles. The van der Waals surface area contributed by atoms with Crippen LogP contribution in [0.3, 0.4) is 0 Å². The molecule has 0 saturated carbocycles. The van der Waals surface area contributed by atoms with Crippen LogP contribution >= 0.6 is 0 Å². The van der Waals surface area contributed by atoms with Crippen LogP contribution in [0.15, 0.2) is 42.6 Å². The van der Waals surface area contributed by atoms with Crippen molar-refractivity contribution in [3.63, 3.8) is 0 Å². The number of aromatic nitrogens is 1. The number of anilines is 2. The summed E-state index contributed by atoms with van der Waals surface area (Å²) in [5.41, 5.74) is 8.06. The third-order valence-corrected chi connectivity index (χ3v) is 4.24. The van der Waals surface area contributed by atoms with E-state index in [0.29, 0.717) is 25.2 Å². The van der Waals surface area contributed by atoms with E-state index < -0.39 is 0 Å². The van der Waals surface area contributed by atoms with E-state index >= 15 is 0 Å². The largest absolute Gasteiger partial charge is 0.495 e. The molecule has 1 aliphatic rings.